The molecule has 0 bridgehead atoms. The average Bonchev–Trinajstić information content (AvgIpc) is 2.57. The maximum Gasteiger partial charge on any atom is 0.0698 e. The molecule has 0 radical (unpaired) electrons. The van der Waals surface area contributed by atoms with E-state index >= 15 is 0 Å². The Morgan fingerprint density at radius 1 is 0.810 bits per heavy atom. The van der Waals surface area contributed by atoms with E-state index in [-0.39, 0.29) is 6.61 Å². The third-order valence-corrected chi connectivity index (χ3v) is 3.33. The van der Waals surface area contributed by atoms with E-state index < -0.39 is 0 Å². The largest absolute Gasteiger partial charge is 0.394 e. The summed E-state index contributed by atoms with van der Waals surface area (Å²) < 4.78 is 5.29. The van der Waals surface area contributed by atoms with Crippen LogP contribution < -0.4 is 0 Å². The molecular formula is C17H40N2O2. The summed E-state index contributed by atoms with van der Waals surface area (Å²) in [7, 11) is 0. The summed E-state index contributed by atoms with van der Waals surface area (Å²) in [6, 6.07) is 0. The number of unbranched alkanes of at least 4 members (excludes halogenated alkanes) is 2. The number of aliphatic hydroxyl groups excluding tert-OH is 1. The van der Waals surface area contributed by atoms with Crippen molar-refractivity contribution in [2.45, 2.75) is 53.9 Å². The smallest absolute Gasteiger partial charge is 0.0698 e. The second kappa shape index (κ2) is 19.8. The summed E-state index contributed by atoms with van der Waals surface area (Å²) in [5.74, 6) is 0. The van der Waals surface area contributed by atoms with Crippen molar-refractivity contribution in [3.63, 3.8) is 0 Å². The zero-order chi connectivity index (χ0) is 16.3. The molecule has 1 heterocycles. The maximum absolute atomic E-state index is 8.60. The predicted molar refractivity (Wildman–Crippen MR) is 93.0 cm³/mol. The Morgan fingerprint density at radius 3 is 1.81 bits per heavy atom. The van der Waals surface area contributed by atoms with Crippen LogP contribution in [0.25, 0.3) is 0 Å². The molecule has 0 atom stereocenters. The van der Waals surface area contributed by atoms with Gasteiger partial charge in [-0.1, -0.05) is 47.5 Å². The van der Waals surface area contributed by atoms with Gasteiger partial charge in [0.05, 0.1) is 19.8 Å². The molecule has 0 aromatic heterocycles. The first-order valence-corrected chi connectivity index (χ1v) is 9.00. The van der Waals surface area contributed by atoms with Gasteiger partial charge in [0, 0.05) is 32.7 Å². The normalized spacial score (nSPS) is 15.7. The number of piperazine rings is 1. The van der Waals surface area contributed by atoms with Crippen molar-refractivity contribution in [2.75, 3.05) is 59.1 Å². The van der Waals surface area contributed by atoms with Crippen molar-refractivity contribution in [2.24, 2.45) is 0 Å². The van der Waals surface area contributed by atoms with Gasteiger partial charge in [-0.25, -0.2) is 0 Å². The quantitative estimate of drug-likeness (QED) is 0.665. The number of hydrogen-bond donors (Lipinski definition) is 1. The highest BCUT2D eigenvalue weighted by Gasteiger charge is 2.15. The van der Waals surface area contributed by atoms with Crippen LogP contribution in [0, 0.1) is 0 Å². The van der Waals surface area contributed by atoms with Crippen LogP contribution in [0.15, 0.2) is 0 Å². The number of nitrogens with zero attached hydrogens (tertiary/aromatic N) is 2. The SMILES string of the molecule is CC.CC.CCCCCN1CCN(CCOCCO)CC1. The molecule has 0 saturated carbocycles. The molecule has 1 saturated heterocycles. The molecule has 21 heavy (non-hydrogen) atoms. The van der Waals surface area contributed by atoms with Crippen molar-refractivity contribution in [3.05, 3.63) is 0 Å². The third-order valence-electron chi connectivity index (χ3n) is 3.33. The van der Waals surface area contributed by atoms with Crippen LogP contribution >= 0.6 is 0 Å². The van der Waals surface area contributed by atoms with Gasteiger partial charge in [0.25, 0.3) is 0 Å². The minimum absolute atomic E-state index is 0.130. The van der Waals surface area contributed by atoms with Gasteiger partial charge in [-0.2, -0.15) is 0 Å². The Kier molecular flexibility index (Phi) is 21.8. The lowest BCUT2D eigenvalue weighted by Gasteiger charge is -2.34. The topological polar surface area (TPSA) is 35.9 Å². The minimum Gasteiger partial charge on any atom is -0.394 e. The lowest BCUT2D eigenvalue weighted by atomic mass is 10.2. The highest BCUT2D eigenvalue weighted by Crippen LogP contribution is 2.04. The monoisotopic (exact) mass is 304 g/mol. The van der Waals surface area contributed by atoms with E-state index in [1.807, 2.05) is 27.7 Å². The Balaban J connectivity index is 0. The maximum atomic E-state index is 8.60. The predicted octanol–water partition coefficient (Wildman–Crippen LogP) is 2.86. The van der Waals surface area contributed by atoms with Crippen molar-refractivity contribution in [1.29, 1.82) is 0 Å². The van der Waals surface area contributed by atoms with Crippen LogP contribution in [0.1, 0.15) is 53.9 Å². The molecule has 1 N–H and O–H groups in total. The molecule has 1 rings (SSSR count). The number of ether oxygens (including phenoxy) is 1. The highest BCUT2D eigenvalue weighted by molar-refractivity contribution is 4.71. The molecule has 1 aliphatic rings. The second-order valence-electron chi connectivity index (χ2n) is 4.73. The van der Waals surface area contributed by atoms with Gasteiger partial charge in [-0.15, -0.1) is 0 Å². The van der Waals surface area contributed by atoms with Crippen molar-refractivity contribution < 1.29 is 9.84 Å². The first-order chi connectivity index (χ1) is 10.4. The molecule has 0 amide bonds. The Labute approximate surface area is 133 Å². The van der Waals surface area contributed by atoms with Gasteiger partial charge in [0.2, 0.25) is 0 Å². The Hall–Kier alpha value is -0.160. The van der Waals surface area contributed by atoms with Crippen LogP contribution in [-0.4, -0.2) is 74.0 Å². The molecule has 4 nitrogen and oxygen atoms in total. The summed E-state index contributed by atoms with van der Waals surface area (Å²) >= 11 is 0. The highest BCUT2D eigenvalue weighted by atomic mass is 16.5. The molecule has 130 valence electrons. The summed E-state index contributed by atoms with van der Waals surface area (Å²) in [5.41, 5.74) is 0. The summed E-state index contributed by atoms with van der Waals surface area (Å²) in [6.45, 7) is 18.6. The van der Waals surface area contributed by atoms with Crippen LogP contribution in [0.3, 0.4) is 0 Å². The van der Waals surface area contributed by atoms with Crippen molar-refractivity contribution in [3.8, 4) is 0 Å². The first kappa shape index (κ1) is 23.1. The molecule has 0 aromatic carbocycles. The molecule has 0 spiro atoms. The van der Waals surface area contributed by atoms with Crippen LogP contribution in [0.4, 0.5) is 0 Å². The third kappa shape index (κ3) is 14.5. The van der Waals surface area contributed by atoms with Crippen LogP contribution in [0.5, 0.6) is 0 Å². The van der Waals surface area contributed by atoms with Crippen molar-refractivity contribution >= 4 is 0 Å². The van der Waals surface area contributed by atoms with Gasteiger partial charge in [-0.05, 0) is 13.0 Å². The minimum atomic E-state index is 0.130. The first-order valence-electron chi connectivity index (χ1n) is 9.00. The second-order valence-corrected chi connectivity index (χ2v) is 4.73. The summed E-state index contributed by atoms with van der Waals surface area (Å²) in [4.78, 5) is 5.02. The number of hydrogen-bond acceptors (Lipinski definition) is 4. The van der Waals surface area contributed by atoms with Gasteiger partial charge >= 0.3 is 0 Å². The zero-order valence-corrected chi connectivity index (χ0v) is 15.2. The fraction of sp³-hybridized carbons (Fsp3) is 1.00. The van der Waals surface area contributed by atoms with E-state index in [1.54, 1.807) is 0 Å². The lowest BCUT2D eigenvalue weighted by Crippen LogP contribution is -2.47. The van der Waals surface area contributed by atoms with E-state index in [0.29, 0.717) is 6.61 Å². The summed E-state index contributed by atoms with van der Waals surface area (Å²) in [6.07, 6.45) is 4.01. The van der Waals surface area contributed by atoms with Crippen LogP contribution in [0.2, 0.25) is 0 Å². The summed E-state index contributed by atoms with van der Waals surface area (Å²) in [5, 5.41) is 8.60. The average molecular weight is 305 g/mol. The fourth-order valence-electron chi connectivity index (χ4n) is 2.18. The standard InChI is InChI=1S/C13H28N2O2.2C2H6/c1-2-3-4-5-14-6-8-15(9-7-14)10-12-17-13-11-16;2*1-2/h16H,2-13H2,1H3;2*1-2H3. The van der Waals surface area contributed by atoms with Gasteiger partial charge in [0.1, 0.15) is 0 Å². The molecular weight excluding hydrogens is 264 g/mol. The lowest BCUT2D eigenvalue weighted by molar-refractivity contribution is 0.0574. The number of aliphatic hydroxyl groups is 1. The van der Waals surface area contributed by atoms with Gasteiger partial charge in [-0.3, -0.25) is 4.90 Å². The van der Waals surface area contributed by atoms with E-state index in [9.17, 15) is 0 Å². The van der Waals surface area contributed by atoms with E-state index in [1.165, 1.54) is 38.9 Å². The van der Waals surface area contributed by atoms with Gasteiger partial charge in [0.15, 0.2) is 0 Å². The van der Waals surface area contributed by atoms with Crippen molar-refractivity contribution in [1.82, 2.24) is 9.80 Å². The molecule has 0 aromatic rings. The Bertz CT molecular complexity index is 172. The van der Waals surface area contributed by atoms with Crippen LogP contribution in [-0.2, 0) is 4.74 Å². The zero-order valence-electron chi connectivity index (χ0n) is 15.2. The van der Waals surface area contributed by atoms with Gasteiger partial charge < -0.3 is 14.7 Å². The number of rotatable bonds is 9. The Morgan fingerprint density at radius 2 is 1.33 bits per heavy atom. The molecule has 1 aliphatic heterocycles. The van der Waals surface area contributed by atoms with E-state index in [2.05, 4.69) is 16.7 Å². The molecule has 4 heteroatoms. The molecule has 0 unspecified atom stereocenters. The molecule has 1 fully saturated rings. The van der Waals surface area contributed by atoms with E-state index in [4.69, 9.17) is 9.84 Å². The fourth-order valence-corrected chi connectivity index (χ4v) is 2.18. The van der Waals surface area contributed by atoms with E-state index in [0.717, 1.165) is 26.2 Å². The molecule has 0 aliphatic carbocycles.